The number of likely N-dealkylation sites (tertiary alicyclic amines) is 1. The van der Waals surface area contributed by atoms with E-state index in [1.165, 1.54) is 12.0 Å². The molecule has 1 saturated heterocycles. The number of ether oxygens (including phenoxy) is 1. The van der Waals surface area contributed by atoms with E-state index < -0.39 is 39.1 Å². The Hall–Kier alpha value is -2.53. The Kier molecular flexibility index (Phi) is 6.18. The van der Waals surface area contributed by atoms with Crippen LogP contribution in [-0.4, -0.2) is 67.4 Å². The number of sulfone groups is 1. The number of thiazole rings is 1. The van der Waals surface area contributed by atoms with Crippen molar-refractivity contribution in [3.05, 3.63) is 28.6 Å². The Balaban J connectivity index is 1.79. The van der Waals surface area contributed by atoms with Crippen molar-refractivity contribution in [1.82, 2.24) is 9.47 Å². The lowest BCUT2D eigenvalue weighted by Crippen LogP contribution is -2.35. The van der Waals surface area contributed by atoms with Crippen LogP contribution in [0, 0.1) is 0 Å². The number of fused-ring (bicyclic) bond motifs is 1. The van der Waals surface area contributed by atoms with Gasteiger partial charge in [0.15, 0.2) is 14.6 Å². The molecule has 2 heterocycles. The van der Waals surface area contributed by atoms with Gasteiger partial charge in [-0.25, -0.2) is 13.2 Å². The smallest absolute Gasteiger partial charge is 0.337 e. The van der Waals surface area contributed by atoms with E-state index in [-0.39, 0.29) is 0 Å². The van der Waals surface area contributed by atoms with Crippen molar-refractivity contribution in [3.8, 4) is 0 Å². The van der Waals surface area contributed by atoms with Crippen LogP contribution in [0.1, 0.15) is 23.2 Å². The fourth-order valence-electron chi connectivity index (χ4n) is 3.11. The summed E-state index contributed by atoms with van der Waals surface area (Å²) in [4.78, 5) is 41.7. The Bertz CT molecular complexity index is 1140. The van der Waals surface area contributed by atoms with Gasteiger partial charge in [-0.1, -0.05) is 11.3 Å². The molecule has 2 amide bonds. The van der Waals surface area contributed by atoms with Crippen LogP contribution in [0.4, 0.5) is 0 Å². The molecule has 1 aliphatic rings. The Morgan fingerprint density at radius 3 is 2.52 bits per heavy atom. The molecule has 29 heavy (non-hydrogen) atoms. The van der Waals surface area contributed by atoms with E-state index in [2.05, 4.69) is 4.99 Å². The molecule has 0 N–H and O–H groups in total. The molecular formula is C18H21N3O6S2. The molecule has 0 spiro atoms. The SMILES string of the molecule is COC(=O)c1ccc2c(c1)sc(=NC(=O)CS(=O)(=O)CC(=O)N1CCCC1)n2C. The van der Waals surface area contributed by atoms with E-state index >= 15 is 0 Å². The van der Waals surface area contributed by atoms with Crippen LogP contribution in [0.15, 0.2) is 23.2 Å². The van der Waals surface area contributed by atoms with E-state index in [1.807, 2.05) is 0 Å². The minimum Gasteiger partial charge on any atom is -0.465 e. The monoisotopic (exact) mass is 439 g/mol. The van der Waals surface area contributed by atoms with Gasteiger partial charge >= 0.3 is 5.97 Å². The lowest BCUT2D eigenvalue weighted by atomic mass is 10.2. The van der Waals surface area contributed by atoms with Gasteiger partial charge in [0.05, 0.1) is 22.9 Å². The van der Waals surface area contributed by atoms with E-state index in [9.17, 15) is 22.8 Å². The number of carbonyl (C=O) groups excluding carboxylic acids is 3. The summed E-state index contributed by atoms with van der Waals surface area (Å²) in [6.45, 7) is 1.11. The summed E-state index contributed by atoms with van der Waals surface area (Å²) in [5.41, 5.74) is 1.10. The first-order chi connectivity index (χ1) is 13.7. The molecule has 0 aliphatic carbocycles. The molecule has 0 atom stereocenters. The first kappa shape index (κ1) is 21.2. The molecule has 1 aliphatic heterocycles. The Labute approximate surface area is 171 Å². The molecule has 11 heteroatoms. The van der Waals surface area contributed by atoms with Gasteiger partial charge in [-0.2, -0.15) is 4.99 Å². The molecule has 1 aromatic heterocycles. The number of methoxy groups -OCH3 is 1. The highest BCUT2D eigenvalue weighted by Gasteiger charge is 2.26. The predicted octanol–water partition coefficient (Wildman–Crippen LogP) is 0.491. The predicted molar refractivity (Wildman–Crippen MR) is 107 cm³/mol. The standard InChI is InChI=1S/C18H21N3O6S2/c1-20-13-6-5-12(17(24)27-2)9-14(13)28-18(20)19-15(22)10-29(25,26)11-16(23)21-7-3-4-8-21/h5-6,9H,3-4,7-8,10-11H2,1-2H3. The van der Waals surface area contributed by atoms with Crippen molar-refractivity contribution in [2.45, 2.75) is 12.8 Å². The Morgan fingerprint density at radius 2 is 1.86 bits per heavy atom. The van der Waals surface area contributed by atoms with E-state index in [4.69, 9.17) is 4.74 Å². The molecule has 0 bridgehead atoms. The van der Waals surface area contributed by atoms with Crippen molar-refractivity contribution < 1.29 is 27.5 Å². The first-order valence-electron chi connectivity index (χ1n) is 8.94. The van der Waals surface area contributed by atoms with Gasteiger partial charge in [0.1, 0.15) is 11.5 Å². The molecule has 0 unspecified atom stereocenters. The summed E-state index contributed by atoms with van der Waals surface area (Å²) in [6.07, 6.45) is 1.72. The molecule has 1 fully saturated rings. The summed E-state index contributed by atoms with van der Waals surface area (Å²) in [6, 6.07) is 4.93. The average molecular weight is 440 g/mol. The third-order valence-corrected chi connectivity index (χ3v) is 7.06. The molecular weight excluding hydrogens is 418 g/mol. The maximum absolute atomic E-state index is 12.2. The van der Waals surface area contributed by atoms with Crippen LogP contribution < -0.4 is 4.80 Å². The van der Waals surface area contributed by atoms with Gasteiger partial charge in [0.25, 0.3) is 5.91 Å². The number of aryl methyl sites for hydroxylation is 1. The van der Waals surface area contributed by atoms with Crippen molar-refractivity contribution in [2.24, 2.45) is 12.0 Å². The summed E-state index contributed by atoms with van der Waals surface area (Å²) >= 11 is 1.15. The number of nitrogens with zero attached hydrogens (tertiary/aromatic N) is 3. The summed E-state index contributed by atoms with van der Waals surface area (Å²) in [7, 11) is -0.927. The number of esters is 1. The van der Waals surface area contributed by atoms with Crippen molar-refractivity contribution >= 4 is 49.2 Å². The molecule has 1 aromatic carbocycles. The Morgan fingerprint density at radius 1 is 1.17 bits per heavy atom. The molecule has 0 radical (unpaired) electrons. The minimum atomic E-state index is -3.90. The molecule has 9 nitrogen and oxygen atoms in total. The largest absolute Gasteiger partial charge is 0.465 e. The summed E-state index contributed by atoms with van der Waals surface area (Å²) in [5.74, 6) is -3.30. The fraction of sp³-hybridized carbons (Fsp3) is 0.444. The zero-order valence-electron chi connectivity index (χ0n) is 16.1. The topological polar surface area (TPSA) is 115 Å². The maximum atomic E-state index is 12.2. The highest BCUT2D eigenvalue weighted by molar-refractivity contribution is 7.92. The van der Waals surface area contributed by atoms with Gasteiger partial charge < -0.3 is 14.2 Å². The minimum absolute atomic E-state index is 0.299. The van der Waals surface area contributed by atoms with Gasteiger partial charge in [0.2, 0.25) is 5.91 Å². The van der Waals surface area contributed by atoms with Gasteiger partial charge in [-0.15, -0.1) is 0 Å². The summed E-state index contributed by atoms with van der Waals surface area (Å²) in [5, 5.41) is 0. The molecule has 156 valence electrons. The number of benzene rings is 1. The number of carbonyl (C=O) groups is 3. The number of aromatic nitrogens is 1. The van der Waals surface area contributed by atoms with Crippen molar-refractivity contribution in [1.29, 1.82) is 0 Å². The maximum Gasteiger partial charge on any atom is 0.337 e. The van der Waals surface area contributed by atoms with Crippen LogP contribution in [0.25, 0.3) is 10.2 Å². The molecule has 3 rings (SSSR count). The molecule has 2 aromatic rings. The number of hydrogen-bond donors (Lipinski definition) is 0. The van der Waals surface area contributed by atoms with Crippen LogP contribution in [0.3, 0.4) is 0 Å². The van der Waals surface area contributed by atoms with Gasteiger partial charge in [-0.3, -0.25) is 9.59 Å². The van der Waals surface area contributed by atoms with E-state index in [1.54, 1.807) is 29.8 Å². The third kappa shape index (κ3) is 4.91. The highest BCUT2D eigenvalue weighted by atomic mass is 32.2. The second-order valence-electron chi connectivity index (χ2n) is 6.74. The van der Waals surface area contributed by atoms with Crippen LogP contribution >= 0.6 is 11.3 Å². The number of hydrogen-bond acceptors (Lipinski definition) is 7. The van der Waals surface area contributed by atoms with Crippen LogP contribution in [0.2, 0.25) is 0 Å². The van der Waals surface area contributed by atoms with Crippen LogP contribution in [-0.2, 0) is 31.2 Å². The van der Waals surface area contributed by atoms with E-state index in [0.717, 1.165) is 29.7 Å². The first-order valence-corrected chi connectivity index (χ1v) is 11.6. The lowest BCUT2D eigenvalue weighted by molar-refractivity contribution is -0.127. The fourth-order valence-corrected chi connectivity index (χ4v) is 5.29. The summed E-state index contributed by atoms with van der Waals surface area (Å²) < 4.78 is 31.5. The number of amides is 2. The second-order valence-corrected chi connectivity index (χ2v) is 9.82. The van der Waals surface area contributed by atoms with Crippen molar-refractivity contribution in [2.75, 3.05) is 31.7 Å². The van der Waals surface area contributed by atoms with Gasteiger partial charge in [-0.05, 0) is 31.0 Å². The zero-order chi connectivity index (χ0) is 21.2. The van der Waals surface area contributed by atoms with Crippen LogP contribution in [0.5, 0.6) is 0 Å². The second kappa shape index (κ2) is 8.46. The lowest BCUT2D eigenvalue weighted by Gasteiger charge is -2.14. The molecule has 0 saturated carbocycles. The normalized spacial score (nSPS) is 15.1. The number of rotatable bonds is 5. The van der Waals surface area contributed by atoms with Gasteiger partial charge in [0, 0.05) is 20.1 Å². The third-order valence-electron chi connectivity index (χ3n) is 4.60. The van der Waals surface area contributed by atoms with E-state index in [0.29, 0.717) is 28.2 Å². The zero-order valence-corrected chi connectivity index (χ0v) is 17.7. The quantitative estimate of drug-likeness (QED) is 0.626. The van der Waals surface area contributed by atoms with Crippen molar-refractivity contribution in [3.63, 3.8) is 0 Å². The average Bonchev–Trinajstić information content (AvgIpc) is 3.29. The highest BCUT2D eigenvalue weighted by Crippen LogP contribution is 2.19.